The Morgan fingerprint density at radius 2 is 1.26 bits per heavy atom. The lowest BCUT2D eigenvalue weighted by atomic mass is 10.2. The number of unbranched alkanes of at least 4 members (excludes halogenated alkanes) is 3. The fourth-order valence-corrected chi connectivity index (χ4v) is 2.94. The van der Waals surface area contributed by atoms with Crippen LogP contribution >= 0.6 is 10.2 Å². The minimum Gasteiger partial charge on any atom is -0.494 e. The quantitative estimate of drug-likeness (QED) is 0.261. The van der Waals surface area contributed by atoms with Crippen molar-refractivity contribution in [2.45, 2.75) is 37.5 Å². The second-order valence-electron chi connectivity index (χ2n) is 6.18. The third-order valence-electron chi connectivity index (χ3n) is 3.77. The standard InChI is InChI=1S/C20H21F5OS/c1-2-3-4-5-16-26-19-12-8-17(9-13-19)6-7-18-10-14-20(15-11-18)27(21,22,23,24)25/h8-15H,2-5,16H2,1H3. The van der Waals surface area contributed by atoms with Gasteiger partial charge in [0.1, 0.15) is 10.6 Å². The molecule has 0 aromatic heterocycles. The molecule has 0 bridgehead atoms. The molecule has 0 fully saturated rings. The predicted molar refractivity (Wildman–Crippen MR) is 99.9 cm³/mol. The van der Waals surface area contributed by atoms with Gasteiger partial charge >= 0.3 is 10.2 Å². The van der Waals surface area contributed by atoms with Crippen LogP contribution in [-0.4, -0.2) is 6.61 Å². The monoisotopic (exact) mass is 404 g/mol. The van der Waals surface area contributed by atoms with Crippen LogP contribution in [-0.2, 0) is 0 Å². The van der Waals surface area contributed by atoms with Crippen molar-refractivity contribution < 1.29 is 24.2 Å². The van der Waals surface area contributed by atoms with Gasteiger partial charge in [0.2, 0.25) is 0 Å². The minimum absolute atomic E-state index is 0.219. The maximum atomic E-state index is 12.7. The van der Waals surface area contributed by atoms with Crippen LogP contribution in [0.25, 0.3) is 0 Å². The Labute approximate surface area is 156 Å². The Morgan fingerprint density at radius 3 is 1.74 bits per heavy atom. The summed E-state index contributed by atoms with van der Waals surface area (Å²) in [6, 6.07) is 9.60. The molecule has 0 heterocycles. The van der Waals surface area contributed by atoms with Crippen LogP contribution in [0.5, 0.6) is 5.75 Å². The number of hydrogen-bond acceptors (Lipinski definition) is 1. The summed E-state index contributed by atoms with van der Waals surface area (Å²) in [6.45, 7) is 2.78. The Bertz CT molecular complexity index is 816. The first-order valence-corrected chi connectivity index (χ1v) is 10.5. The Morgan fingerprint density at radius 1 is 0.741 bits per heavy atom. The van der Waals surface area contributed by atoms with E-state index in [0.29, 0.717) is 24.3 Å². The SMILES string of the molecule is CCCCCCOc1ccc(C#Cc2ccc(S(F)(F)(F)(F)F)cc2)cc1. The summed E-state index contributed by atoms with van der Waals surface area (Å²) in [7, 11) is -9.64. The second kappa shape index (κ2) is 7.43. The molecule has 7 heteroatoms. The van der Waals surface area contributed by atoms with Gasteiger partial charge in [-0.2, -0.15) is 0 Å². The Balaban J connectivity index is 1.98. The highest BCUT2D eigenvalue weighted by atomic mass is 32.5. The van der Waals surface area contributed by atoms with Crippen LogP contribution < -0.4 is 4.74 Å². The Hall–Kier alpha value is -2.20. The van der Waals surface area contributed by atoms with Crippen LogP contribution in [0.2, 0.25) is 0 Å². The van der Waals surface area contributed by atoms with Crippen LogP contribution in [0, 0.1) is 11.8 Å². The molecule has 0 aliphatic carbocycles. The summed E-state index contributed by atoms with van der Waals surface area (Å²) in [5.74, 6) is 6.16. The van der Waals surface area contributed by atoms with Crippen molar-refractivity contribution in [2.24, 2.45) is 0 Å². The molecule has 1 nitrogen and oxygen atoms in total. The maximum Gasteiger partial charge on any atom is 0.310 e. The van der Waals surface area contributed by atoms with Gasteiger partial charge in [-0.3, -0.25) is 0 Å². The van der Waals surface area contributed by atoms with E-state index in [0.717, 1.165) is 37.1 Å². The van der Waals surface area contributed by atoms with E-state index >= 15 is 0 Å². The number of ether oxygens (including phenoxy) is 1. The average molecular weight is 404 g/mol. The largest absolute Gasteiger partial charge is 0.494 e. The third-order valence-corrected chi connectivity index (χ3v) is 4.93. The molecule has 0 aliphatic heterocycles. The van der Waals surface area contributed by atoms with E-state index in [4.69, 9.17) is 4.74 Å². The molecule has 0 saturated carbocycles. The van der Waals surface area contributed by atoms with E-state index in [1.165, 1.54) is 6.42 Å². The molecule has 148 valence electrons. The molecular formula is C20H21F5OS. The van der Waals surface area contributed by atoms with Crippen molar-refractivity contribution in [3.8, 4) is 17.6 Å². The zero-order chi connectivity index (χ0) is 20.0. The highest BCUT2D eigenvalue weighted by molar-refractivity contribution is 8.45. The number of benzene rings is 2. The summed E-state index contributed by atoms with van der Waals surface area (Å²) in [5, 5.41) is 0. The molecule has 0 spiro atoms. The zero-order valence-corrected chi connectivity index (χ0v) is 15.7. The fourth-order valence-electron chi connectivity index (χ4n) is 2.29. The highest BCUT2D eigenvalue weighted by Gasteiger charge is 2.65. The molecule has 0 radical (unpaired) electrons. The summed E-state index contributed by atoms with van der Waals surface area (Å²) in [5.41, 5.74) is 0.863. The molecule has 0 unspecified atom stereocenters. The number of hydrogen-bond donors (Lipinski definition) is 0. The molecule has 0 atom stereocenters. The van der Waals surface area contributed by atoms with Gasteiger partial charge in [-0.15, -0.1) is 0 Å². The molecule has 0 amide bonds. The molecule has 0 aliphatic rings. The number of rotatable bonds is 7. The van der Waals surface area contributed by atoms with Gasteiger partial charge in [0.05, 0.1) is 6.61 Å². The Kier molecular flexibility index (Phi) is 5.81. The van der Waals surface area contributed by atoms with E-state index in [1.807, 2.05) is 0 Å². The summed E-state index contributed by atoms with van der Waals surface area (Å²) in [6.07, 6.45) is 4.46. The summed E-state index contributed by atoms with van der Waals surface area (Å²) >= 11 is 0. The van der Waals surface area contributed by atoms with Crippen molar-refractivity contribution in [1.82, 2.24) is 0 Å². The predicted octanol–water partition coefficient (Wildman–Crippen LogP) is 7.70. The third kappa shape index (κ3) is 7.14. The second-order valence-corrected chi connectivity index (χ2v) is 8.59. The van der Waals surface area contributed by atoms with Crippen molar-refractivity contribution in [2.75, 3.05) is 6.61 Å². The van der Waals surface area contributed by atoms with Crippen molar-refractivity contribution in [1.29, 1.82) is 0 Å². The topological polar surface area (TPSA) is 9.23 Å². The van der Waals surface area contributed by atoms with Gasteiger partial charge in [0, 0.05) is 11.1 Å². The van der Waals surface area contributed by atoms with E-state index in [1.54, 1.807) is 24.3 Å². The first-order chi connectivity index (χ1) is 12.5. The van der Waals surface area contributed by atoms with Crippen molar-refractivity contribution >= 4 is 10.2 Å². The molecular weight excluding hydrogens is 383 g/mol. The molecule has 2 aromatic rings. The van der Waals surface area contributed by atoms with Crippen LogP contribution in [0.1, 0.15) is 43.7 Å². The molecule has 27 heavy (non-hydrogen) atoms. The van der Waals surface area contributed by atoms with E-state index < -0.39 is 15.1 Å². The van der Waals surface area contributed by atoms with E-state index in [-0.39, 0.29) is 5.56 Å². The summed E-state index contributed by atoms with van der Waals surface area (Å²) in [4.78, 5) is -1.92. The van der Waals surface area contributed by atoms with Gasteiger partial charge in [-0.05, 0) is 55.0 Å². The van der Waals surface area contributed by atoms with Gasteiger partial charge in [-0.1, -0.05) is 57.5 Å². The smallest absolute Gasteiger partial charge is 0.310 e. The number of halogens is 5. The van der Waals surface area contributed by atoms with Crippen molar-refractivity contribution in [3.63, 3.8) is 0 Å². The van der Waals surface area contributed by atoms with Gasteiger partial charge < -0.3 is 4.74 Å². The maximum absolute atomic E-state index is 12.7. The first-order valence-electron chi connectivity index (χ1n) is 8.57. The molecule has 0 saturated heterocycles. The lowest BCUT2D eigenvalue weighted by molar-refractivity contribution is 0.305. The van der Waals surface area contributed by atoms with Crippen molar-refractivity contribution in [3.05, 3.63) is 59.7 Å². The zero-order valence-electron chi connectivity index (χ0n) is 14.9. The minimum atomic E-state index is -9.64. The van der Waals surface area contributed by atoms with Crippen LogP contribution in [0.3, 0.4) is 0 Å². The van der Waals surface area contributed by atoms with Gasteiger partial charge in [-0.25, -0.2) is 0 Å². The highest BCUT2D eigenvalue weighted by Crippen LogP contribution is 3.02. The molecule has 2 aromatic carbocycles. The lowest BCUT2D eigenvalue weighted by Crippen LogP contribution is -2.05. The van der Waals surface area contributed by atoms with E-state index in [2.05, 4.69) is 18.8 Å². The normalized spacial score (nSPS) is 13.9. The van der Waals surface area contributed by atoms with E-state index in [9.17, 15) is 19.4 Å². The average Bonchev–Trinajstić information content (AvgIpc) is 2.59. The van der Waals surface area contributed by atoms with Crippen LogP contribution in [0.15, 0.2) is 53.4 Å². The molecule has 2 rings (SSSR count). The first kappa shape index (κ1) is 21.1. The lowest BCUT2D eigenvalue weighted by Gasteiger charge is -2.40. The molecule has 0 N–H and O–H groups in total. The van der Waals surface area contributed by atoms with Gasteiger partial charge in [0.25, 0.3) is 0 Å². The van der Waals surface area contributed by atoms with Gasteiger partial charge in [0.15, 0.2) is 0 Å². The fraction of sp³-hybridized carbons (Fsp3) is 0.300. The summed E-state index contributed by atoms with van der Waals surface area (Å²) < 4.78 is 69.0. The van der Waals surface area contributed by atoms with Crippen LogP contribution in [0.4, 0.5) is 19.4 Å².